The fourth-order valence-corrected chi connectivity index (χ4v) is 7.20. The maximum atomic E-state index is 4.55. The molecule has 0 saturated carbocycles. The summed E-state index contributed by atoms with van der Waals surface area (Å²) in [5.41, 5.74) is 12.4. The van der Waals surface area contributed by atoms with Gasteiger partial charge in [0.25, 0.3) is 0 Å². The van der Waals surface area contributed by atoms with Crippen LogP contribution in [0.3, 0.4) is 0 Å². The fraction of sp³-hybridized carbons (Fsp3) is 0.0244. The van der Waals surface area contributed by atoms with Crippen LogP contribution in [0.5, 0.6) is 0 Å². The van der Waals surface area contributed by atoms with Gasteiger partial charge in [-0.3, -0.25) is 0 Å². The minimum atomic E-state index is 0. The van der Waals surface area contributed by atoms with Gasteiger partial charge in [-0.15, -0.1) is 71.0 Å². The molecule has 0 saturated heterocycles. The van der Waals surface area contributed by atoms with Crippen molar-refractivity contribution in [3.63, 3.8) is 0 Å². The largest absolute Gasteiger partial charge is 0.394 e. The Balaban J connectivity index is 0.000000220. The van der Waals surface area contributed by atoms with E-state index in [4.69, 9.17) is 0 Å². The molecule has 3 aromatic heterocycles. The first-order valence-electron chi connectivity index (χ1n) is 14.9. The second kappa shape index (κ2) is 12.8. The summed E-state index contributed by atoms with van der Waals surface area (Å²) in [4.78, 5) is 8.76. The van der Waals surface area contributed by atoms with Crippen LogP contribution in [0, 0.1) is 19.1 Å². The van der Waals surface area contributed by atoms with Gasteiger partial charge in [0.15, 0.2) is 0 Å². The van der Waals surface area contributed by atoms with E-state index in [1.807, 2.05) is 78.2 Å². The van der Waals surface area contributed by atoms with Crippen LogP contribution in [0.25, 0.3) is 64.9 Å². The fourth-order valence-electron chi connectivity index (χ4n) is 6.09. The van der Waals surface area contributed by atoms with Crippen LogP contribution < -0.4 is 5.32 Å². The van der Waals surface area contributed by atoms with E-state index in [2.05, 4.69) is 101 Å². The molecule has 0 atom stereocenters. The minimum Gasteiger partial charge on any atom is -0.394 e. The van der Waals surface area contributed by atoms with E-state index < -0.39 is 0 Å². The van der Waals surface area contributed by atoms with Gasteiger partial charge in [0.1, 0.15) is 0 Å². The van der Waals surface area contributed by atoms with Crippen LogP contribution in [0.1, 0.15) is 5.56 Å². The Labute approximate surface area is 286 Å². The number of hydrogen-bond acceptors (Lipinski definition) is 4. The molecule has 0 spiro atoms. The predicted molar refractivity (Wildman–Crippen MR) is 189 cm³/mol. The van der Waals surface area contributed by atoms with Crippen LogP contribution in [0.2, 0.25) is 0 Å². The van der Waals surface area contributed by atoms with Crippen LogP contribution in [-0.4, -0.2) is 9.97 Å². The van der Waals surface area contributed by atoms with Crippen LogP contribution >= 0.6 is 11.3 Å². The normalized spacial score (nSPS) is 11.2. The van der Waals surface area contributed by atoms with Crippen molar-refractivity contribution in [3.8, 4) is 44.8 Å². The van der Waals surface area contributed by atoms with Crippen molar-refractivity contribution < 1.29 is 20.1 Å². The van der Waals surface area contributed by atoms with Gasteiger partial charge in [-0.2, -0.15) is 0 Å². The molecule has 5 heteroatoms. The molecule has 223 valence electrons. The second-order valence-corrected chi connectivity index (χ2v) is 12.0. The van der Waals surface area contributed by atoms with Crippen molar-refractivity contribution in [2.45, 2.75) is 6.92 Å². The summed E-state index contributed by atoms with van der Waals surface area (Å²) < 4.78 is 2.61. The van der Waals surface area contributed by atoms with E-state index in [-0.39, 0.29) is 20.1 Å². The number of nitrogens with zero attached hydrogens (tertiary/aromatic N) is 2. The summed E-state index contributed by atoms with van der Waals surface area (Å²) in [6.07, 6.45) is 3.62. The van der Waals surface area contributed by atoms with Gasteiger partial charge in [0, 0.05) is 63.9 Å². The topological polar surface area (TPSA) is 37.8 Å². The number of pyridine rings is 2. The Morgan fingerprint density at radius 2 is 1.33 bits per heavy atom. The standard InChI is InChI=1S/C30H19N2S.C11H8N.Ir/c1-18-20-8-6-9-21(18)24-17-19(25-10-4-5-16-31-25)12-14-26(24)32-30-22(20)13-15-28-29(30)23-7-2-3-11-27(23)33-28;1-2-6-10(7-3-1)11-8-4-5-9-12-11;/h2-11,13-17,32H,1H3;1-6,8-9H;/q2*-1;. The molecule has 2 bridgehead atoms. The third kappa shape index (κ3) is 5.43. The molecule has 4 heterocycles. The van der Waals surface area contributed by atoms with Crippen LogP contribution in [-0.2, 0) is 20.1 Å². The van der Waals surface area contributed by atoms with Crippen molar-refractivity contribution in [1.82, 2.24) is 9.97 Å². The number of fused-ring (bicyclic) bond motifs is 10. The molecule has 9 rings (SSSR count). The second-order valence-electron chi connectivity index (χ2n) is 10.9. The molecule has 0 amide bonds. The molecule has 0 unspecified atom stereocenters. The van der Waals surface area contributed by atoms with Gasteiger partial charge < -0.3 is 15.3 Å². The molecule has 3 nitrogen and oxygen atoms in total. The first-order chi connectivity index (χ1) is 22.2. The summed E-state index contributed by atoms with van der Waals surface area (Å²) >= 11 is 1.85. The van der Waals surface area contributed by atoms with Crippen LogP contribution in [0.15, 0.2) is 140 Å². The number of rotatable bonds is 2. The Kier molecular flexibility index (Phi) is 8.30. The maximum absolute atomic E-state index is 4.55. The van der Waals surface area contributed by atoms with Gasteiger partial charge in [-0.25, -0.2) is 0 Å². The maximum Gasteiger partial charge on any atom is 0.0475 e. The minimum absolute atomic E-state index is 0. The zero-order valence-corrected chi connectivity index (χ0v) is 28.1. The van der Waals surface area contributed by atoms with Crippen molar-refractivity contribution >= 4 is 42.9 Å². The molecule has 1 radical (unpaired) electrons. The van der Waals surface area contributed by atoms with Gasteiger partial charge in [-0.05, 0) is 65.0 Å². The number of hydrogen-bond donors (Lipinski definition) is 1. The van der Waals surface area contributed by atoms with Gasteiger partial charge >= 0.3 is 0 Å². The van der Waals surface area contributed by atoms with E-state index in [1.54, 1.807) is 6.20 Å². The first-order valence-corrected chi connectivity index (χ1v) is 15.7. The number of benzene rings is 5. The third-order valence-corrected chi connectivity index (χ3v) is 9.39. The number of aromatic nitrogens is 2. The summed E-state index contributed by atoms with van der Waals surface area (Å²) in [6.45, 7) is 2.23. The SMILES string of the molecule is Cc1c2cccc1-c1ccc3sc4ccccc4c3c1Nc1c[c-]c(-c3ccccn3)cc1-2.[Ir].[c-]1ccccc1-c1ccccn1. The van der Waals surface area contributed by atoms with E-state index in [0.29, 0.717) is 0 Å². The Morgan fingerprint density at radius 1 is 0.609 bits per heavy atom. The average Bonchev–Trinajstić information content (AvgIpc) is 3.49. The Bertz CT molecular complexity index is 2260. The average molecular weight is 786 g/mol. The summed E-state index contributed by atoms with van der Waals surface area (Å²) in [7, 11) is 0. The first kappa shape index (κ1) is 29.8. The van der Waals surface area contributed by atoms with E-state index in [1.165, 1.54) is 53.7 Å². The Hall–Kier alpha value is -4.93. The van der Waals surface area contributed by atoms with Gasteiger partial charge in [0.2, 0.25) is 0 Å². The monoisotopic (exact) mass is 786 g/mol. The van der Waals surface area contributed by atoms with E-state index in [0.717, 1.165) is 28.2 Å². The van der Waals surface area contributed by atoms with E-state index >= 15 is 0 Å². The van der Waals surface area contributed by atoms with Crippen molar-refractivity contribution in [3.05, 3.63) is 157 Å². The smallest absolute Gasteiger partial charge is 0.0475 e. The zero-order valence-electron chi connectivity index (χ0n) is 24.9. The molecular formula is C41H27IrN3S-2. The van der Waals surface area contributed by atoms with Crippen molar-refractivity contribution in [2.24, 2.45) is 0 Å². The molecule has 1 aliphatic heterocycles. The third-order valence-electron chi connectivity index (χ3n) is 8.26. The quantitative estimate of drug-likeness (QED) is 0.177. The molecule has 46 heavy (non-hydrogen) atoms. The number of anilines is 2. The molecule has 0 fully saturated rings. The molecule has 1 aliphatic rings. The van der Waals surface area contributed by atoms with Gasteiger partial charge in [-0.1, -0.05) is 72.3 Å². The number of thiophene rings is 1. The summed E-state index contributed by atoms with van der Waals surface area (Å²) in [5.74, 6) is 0. The molecular weight excluding hydrogens is 759 g/mol. The molecule has 5 aromatic carbocycles. The molecule has 0 aliphatic carbocycles. The molecule has 1 N–H and O–H groups in total. The van der Waals surface area contributed by atoms with E-state index in [9.17, 15) is 0 Å². The van der Waals surface area contributed by atoms with Crippen LogP contribution in [0.4, 0.5) is 11.4 Å². The zero-order chi connectivity index (χ0) is 30.2. The summed E-state index contributed by atoms with van der Waals surface area (Å²) in [6, 6.07) is 50.4. The summed E-state index contributed by atoms with van der Waals surface area (Å²) in [5, 5.41) is 6.43. The van der Waals surface area contributed by atoms with Crippen molar-refractivity contribution in [2.75, 3.05) is 5.32 Å². The van der Waals surface area contributed by atoms with Gasteiger partial charge in [0.05, 0.1) is 0 Å². The van der Waals surface area contributed by atoms with Crippen molar-refractivity contribution in [1.29, 1.82) is 0 Å². The number of nitrogens with one attached hydrogen (secondary N) is 1. The predicted octanol–water partition coefficient (Wildman–Crippen LogP) is 11.2. The Morgan fingerprint density at radius 3 is 2.07 bits per heavy atom. The molecule has 8 aromatic rings.